The van der Waals surface area contributed by atoms with E-state index in [9.17, 15) is 4.79 Å². The SMILES string of the molecule is CCNC(=NCc1sc(C)nc1C)NCCc1cccc(C(=O)NC)c1. The van der Waals surface area contributed by atoms with E-state index in [1.165, 1.54) is 4.88 Å². The second-order valence-corrected chi connectivity index (χ2v) is 7.18. The molecule has 26 heavy (non-hydrogen) atoms. The number of aromatic nitrogens is 1. The average Bonchev–Trinajstić information content (AvgIpc) is 2.96. The van der Waals surface area contributed by atoms with Gasteiger partial charge in [0, 0.05) is 30.6 Å². The number of aryl methyl sites for hydroxylation is 2. The van der Waals surface area contributed by atoms with E-state index >= 15 is 0 Å². The van der Waals surface area contributed by atoms with E-state index in [1.54, 1.807) is 18.4 Å². The number of carbonyl (C=O) groups excluding carboxylic acids is 1. The summed E-state index contributed by atoms with van der Waals surface area (Å²) < 4.78 is 0. The number of hydrogen-bond donors (Lipinski definition) is 3. The van der Waals surface area contributed by atoms with E-state index in [0.29, 0.717) is 12.1 Å². The van der Waals surface area contributed by atoms with Gasteiger partial charge in [-0.1, -0.05) is 12.1 Å². The molecule has 2 rings (SSSR count). The third kappa shape index (κ3) is 5.84. The highest BCUT2D eigenvalue weighted by Crippen LogP contribution is 2.17. The summed E-state index contributed by atoms with van der Waals surface area (Å²) in [4.78, 5) is 22.0. The van der Waals surface area contributed by atoms with Crippen molar-refractivity contribution < 1.29 is 4.79 Å². The van der Waals surface area contributed by atoms with Crippen LogP contribution in [0, 0.1) is 13.8 Å². The Morgan fingerprint density at radius 1 is 1.27 bits per heavy atom. The average molecular weight is 374 g/mol. The van der Waals surface area contributed by atoms with Gasteiger partial charge in [0.1, 0.15) is 0 Å². The van der Waals surface area contributed by atoms with E-state index in [2.05, 4.69) is 25.9 Å². The van der Waals surface area contributed by atoms with Crippen molar-refractivity contribution in [2.24, 2.45) is 4.99 Å². The van der Waals surface area contributed by atoms with Gasteiger partial charge in [0.05, 0.1) is 17.2 Å². The highest BCUT2D eigenvalue weighted by atomic mass is 32.1. The lowest BCUT2D eigenvalue weighted by Crippen LogP contribution is -2.38. The molecule has 2 aromatic rings. The van der Waals surface area contributed by atoms with Gasteiger partial charge < -0.3 is 16.0 Å². The molecule has 7 heteroatoms. The van der Waals surface area contributed by atoms with Gasteiger partial charge in [0.2, 0.25) is 0 Å². The third-order valence-electron chi connectivity index (χ3n) is 3.85. The summed E-state index contributed by atoms with van der Waals surface area (Å²) in [5.41, 5.74) is 2.85. The van der Waals surface area contributed by atoms with Crippen LogP contribution in [-0.2, 0) is 13.0 Å². The minimum absolute atomic E-state index is 0.0649. The van der Waals surface area contributed by atoms with Crippen LogP contribution in [0.3, 0.4) is 0 Å². The Morgan fingerprint density at radius 2 is 2.08 bits per heavy atom. The summed E-state index contributed by atoms with van der Waals surface area (Å²) in [5, 5.41) is 10.3. The van der Waals surface area contributed by atoms with E-state index in [0.717, 1.165) is 41.7 Å². The van der Waals surface area contributed by atoms with Gasteiger partial charge in [-0.2, -0.15) is 0 Å². The largest absolute Gasteiger partial charge is 0.357 e. The van der Waals surface area contributed by atoms with Gasteiger partial charge in [0.15, 0.2) is 5.96 Å². The topological polar surface area (TPSA) is 78.4 Å². The number of hydrogen-bond acceptors (Lipinski definition) is 4. The maximum atomic E-state index is 11.7. The molecule has 0 saturated heterocycles. The first-order chi connectivity index (χ1) is 12.5. The maximum Gasteiger partial charge on any atom is 0.251 e. The lowest BCUT2D eigenvalue weighted by atomic mass is 10.1. The second-order valence-electron chi connectivity index (χ2n) is 5.89. The molecule has 3 N–H and O–H groups in total. The Kier molecular flexibility index (Phi) is 7.59. The van der Waals surface area contributed by atoms with Crippen molar-refractivity contribution in [1.82, 2.24) is 20.9 Å². The fraction of sp³-hybridized carbons (Fsp3) is 0.421. The minimum Gasteiger partial charge on any atom is -0.357 e. The zero-order chi connectivity index (χ0) is 18.9. The predicted molar refractivity (Wildman–Crippen MR) is 108 cm³/mol. The fourth-order valence-electron chi connectivity index (χ4n) is 2.55. The van der Waals surface area contributed by atoms with Gasteiger partial charge in [0.25, 0.3) is 5.91 Å². The van der Waals surface area contributed by atoms with Crippen LogP contribution in [-0.4, -0.2) is 37.0 Å². The number of guanidine groups is 1. The molecular formula is C19H27N5OS. The van der Waals surface area contributed by atoms with E-state index in [4.69, 9.17) is 0 Å². The molecule has 0 spiro atoms. The molecule has 0 aliphatic rings. The molecule has 0 atom stereocenters. The maximum absolute atomic E-state index is 11.7. The second kappa shape index (κ2) is 9.91. The number of carbonyl (C=O) groups is 1. The van der Waals surface area contributed by atoms with Crippen LogP contribution < -0.4 is 16.0 Å². The monoisotopic (exact) mass is 373 g/mol. The molecule has 0 bridgehead atoms. The number of rotatable bonds is 7. The first-order valence-electron chi connectivity index (χ1n) is 8.79. The molecule has 140 valence electrons. The van der Waals surface area contributed by atoms with E-state index in [-0.39, 0.29) is 5.91 Å². The molecular weight excluding hydrogens is 346 g/mol. The summed E-state index contributed by atoms with van der Waals surface area (Å²) in [5.74, 6) is 0.727. The normalized spacial score (nSPS) is 11.3. The zero-order valence-electron chi connectivity index (χ0n) is 15.8. The van der Waals surface area contributed by atoms with Gasteiger partial charge in [-0.15, -0.1) is 11.3 Å². The van der Waals surface area contributed by atoms with Gasteiger partial charge >= 0.3 is 0 Å². The Labute approximate surface area is 159 Å². The Hall–Kier alpha value is -2.41. The molecule has 0 aliphatic carbocycles. The first kappa shape index (κ1) is 19.9. The van der Waals surface area contributed by atoms with Crippen molar-refractivity contribution in [2.45, 2.75) is 33.7 Å². The van der Waals surface area contributed by atoms with Crippen LogP contribution in [0.15, 0.2) is 29.3 Å². The summed E-state index contributed by atoms with van der Waals surface area (Å²) in [6, 6.07) is 7.68. The van der Waals surface area contributed by atoms with Crippen molar-refractivity contribution in [1.29, 1.82) is 0 Å². The Morgan fingerprint density at radius 3 is 2.73 bits per heavy atom. The van der Waals surface area contributed by atoms with Crippen molar-refractivity contribution in [3.05, 3.63) is 51.0 Å². The Bertz CT molecular complexity index is 769. The van der Waals surface area contributed by atoms with Crippen LogP contribution in [0.2, 0.25) is 0 Å². The third-order valence-corrected chi connectivity index (χ3v) is 4.90. The summed E-state index contributed by atoms with van der Waals surface area (Å²) in [6.07, 6.45) is 0.813. The molecule has 0 aliphatic heterocycles. The quantitative estimate of drug-likeness (QED) is 0.514. The minimum atomic E-state index is -0.0649. The van der Waals surface area contributed by atoms with Crippen LogP contribution in [0.25, 0.3) is 0 Å². The number of nitrogens with zero attached hydrogens (tertiary/aromatic N) is 2. The lowest BCUT2D eigenvalue weighted by Gasteiger charge is -2.11. The molecule has 0 unspecified atom stereocenters. The van der Waals surface area contributed by atoms with Crippen LogP contribution in [0.5, 0.6) is 0 Å². The van der Waals surface area contributed by atoms with E-state index in [1.807, 2.05) is 45.0 Å². The highest BCUT2D eigenvalue weighted by molar-refractivity contribution is 7.11. The molecule has 1 aromatic heterocycles. The highest BCUT2D eigenvalue weighted by Gasteiger charge is 2.06. The molecule has 1 heterocycles. The number of thiazole rings is 1. The fourth-order valence-corrected chi connectivity index (χ4v) is 3.41. The standard InChI is InChI=1S/C19H27N5OS/c1-5-21-19(23-12-17-13(2)24-14(3)26-17)22-10-9-15-7-6-8-16(11-15)18(25)20-4/h6-8,11H,5,9-10,12H2,1-4H3,(H,20,25)(H2,21,22,23). The molecule has 6 nitrogen and oxygen atoms in total. The number of benzene rings is 1. The molecule has 1 aromatic carbocycles. The van der Waals surface area contributed by atoms with Gasteiger partial charge in [-0.3, -0.25) is 4.79 Å². The van der Waals surface area contributed by atoms with Crippen molar-refractivity contribution in [3.63, 3.8) is 0 Å². The van der Waals surface area contributed by atoms with E-state index < -0.39 is 0 Å². The van der Waals surface area contributed by atoms with Crippen LogP contribution in [0.1, 0.15) is 38.4 Å². The van der Waals surface area contributed by atoms with Gasteiger partial charge in [-0.25, -0.2) is 9.98 Å². The molecule has 0 radical (unpaired) electrons. The lowest BCUT2D eigenvalue weighted by molar-refractivity contribution is 0.0963. The summed E-state index contributed by atoms with van der Waals surface area (Å²) in [7, 11) is 1.64. The van der Waals surface area contributed by atoms with Crippen LogP contribution >= 0.6 is 11.3 Å². The molecule has 1 amide bonds. The number of aliphatic imine (C=N–C) groups is 1. The summed E-state index contributed by atoms with van der Waals surface area (Å²) in [6.45, 7) is 8.25. The van der Waals surface area contributed by atoms with Crippen LogP contribution in [0.4, 0.5) is 0 Å². The smallest absolute Gasteiger partial charge is 0.251 e. The first-order valence-corrected chi connectivity index (χ1v) is 9.61. The molecule has 0 fully saturated rings. The van der Waals surface area contributed by atoms with Crippen molar-refractivity contribution in [2.75, 3.05) is 20.1 Å². The van der Waals surface area contributed by atoms with Crippen molar-refractivity contribution >= 4 is 23.2 Å². The van der Waals surface area contributed by atoms with Gasteiger partial charge in [-0.05, 0) is 44.9 Å². The van der Waals surface area contributed by atoms with Crippen molar-refractivity contribution in [3.8, 4) is 0 Å². The molecule has 0 saturated carbocycles. The Balaban J connectivity index is 1.93. The number of amides is 1. The summed E-state index contributed by atoms with van der Waals surface area (Å²) >= 11 is 1.69. The zero-order valence-corrected chi connectivity index (χ0v) is 16.7. The predicted octanol–water partition coefficient (Wildman–Crippen LogP) is 2.42. The number of nitrogens with one attached hydrogen (secondary N) is 3.